The van der Waals surface area contributed by atoms with Crippen molar-refractivity contribution in [1.29, 1.82) is 0 Å². The third-order valence-electron chi connectivity index (χ3n) is 4.55. The number of aromatic nitrogens is 6. The van der Waals surface area contributed by atoms with Crippen molar-refractivity contribution in [3.8, 4) is 11.4 Å². The summed E-state index contributed by atoms with van der Waals surface area (Å²) in [6.07, 6.45) is 5.41. The SMILES string of the molecule is CSc1nnnn1-c1cccc(NC(=O)c2cc(C)n(-c3cccnc3)c2C)c1. The van der Waals surface area contributed by atoms with Crippen molar-refractivity contribution in [3.63, 3.8) is 0 Å². The average molecular weight is 405 g/mol. The van der Waals surface area contributed by atoms with Crippen LogP contribution >= 0.6 is 11.8 Å². The molecule has 4 rings (SSSR count). The second kappa shape index (κ2) is 7.88. The quantitative estimate of drug-likeness (QED) is 0.512. The zero-order valence-electron chi connectivity index (χ0n) is 16.2. The van der Waals surface area contributed by atoms with Crippen molar-refractivity contribution in [2.45, 2.75) is 19.0 Å². The van der Waals surface area contributed by atoms with Crippen molar-refractivity contribution >= 4 is 23.4 Å². The van der Waals surface area contributed by atoms with Gasteiger partial charge in [0, 0.05) is 23.3 Å². The number of thioether (sulfide) groups is 1. The van der Waals surface area contributed by atoms with Crippen LogP contribution in [0.25, 0.3) is 11.4 Å². The van der Waals surface area contributed by atoms with Crippen molar-refractivity contribution in [2.75, 3.05) is 11.6 Å². The van der Waals surface area contributed by atoms with Crippen LogP contribution in [0.15, 0.2) is 60.0 Å². The van der Waals surface area contributed by atoms with Gasteiger partial charge in [-0.2, -0.15) is 4.68 Å². The van der Waals surface area contributed by atoms with Gasteiger partial charge >= 0.3 is 0 Å². The normalized spacial score (nSPS) is 10.9. The van der Waals surface area contributed by atoms with Gasteiger partial charge in [-0.25, -0.2) is 0 Å². The van der Waals surface area contributed by atoms with E-state index in [0.29, 0.717) is 16.4 Å². The molecule has 0 aliphatic carbocycles. The Morgan fingerprint density at radius 3 is 2.69 bits per heavy atom. The van der Waals surface area contributed by atoms with Crippen LogP contribution in [-0.4, -0.2) is 41.9 Å². The van der Waals surface area contributed by atoms with Gasteiger partial charge < -0.3 is 9.88 Å². The molecule has 0 saturated heterocycles. The number of nitrogens with one attached hydrogen (secondary N) is 1. The summed E-state index contributed by atoms with van der Waals surface area (Å²) in [5, 5.41) is 15.3. The lowest BCUT2D eigenvalue weighted by Gasteiger charge is -2.10. The van der Waals surface area contributed by atoms with Crippen molar-refractivity contribution in [3.05, 3.63) is 71.8 Å². The van der Waals surface area contributed by atoms with Crippen LogP contribution in [0.3, 0.4) is 0 Å². The Morgan fingerprint density at radius 2 is 1.93 bits per heavy atom. The molecule has 0 unspecified atom stereocenters. The molecule has 1 N–H and O–H groups in total. The molecule has 0 atom stereocenters. The fourth-order valence-electron chi connectivity index (χ4n) is 3.26. The van der Waals surface area contributed by atoms with Crippen molar-refractivity contribution < 1.29 is 4.79 Å². The van der Waals surface area contributed by atoms with Crippen LogP contribution in [0.4, 0.5) is 5.69 Å². The van der Waals surface area contributed by atoms with Gasteiger partial charge in [0.2, 0.25) is 5.16 Å². The Balaban J connectivity index is 1.62. The molecule has 29 heavy (non-hydrogen) atoms. The molecule has 3 aromatic heterocycles. The maximum atomic E-state index is 13.0. The zero-order chi connectivity index (χ0) is 20.4. The van der Waals surface area contributed by atoms with Crippen molar-refractivity contribution in [1.82, 2.24) is 29.8 Å². The highest BCUT2D eigenvalue weighted by Crippen LogP contribution is 2.23. The Labute approximate surface area is 172 Å². The number of tetrazole rings is 1. The first-order valence-electron chi connectivity index (χ1n) is 8.92. The number of pyridine rings is 1. The van der Waals surface area contributed by atoms with E-state index >= 15 is 0 Å². The Kier molecular flexibility index (Phi) is 5.13. The molecule has 0 bridgehead atoms. The highest BCUT2D eigenvalue weighted by molar-refractivity contribution is 7.98. The summed E-state index contributed by atoms with van der Waals surface area (Å²) in [4.78, 5) is 17.1. The molecule has 0 saturated carbocycles. The minimum Gasteiger partial charge on any atom is -0.322 e. The molecule has 0 aliphatic heterocycles. The fraction of sp³-hybridized carbons (Fsp3) is 0.150. The minimum absolute atomic E-state index is 0.174. The number of carbonyl (C=O) groups is 1. The molecule has 146 valence electrons. The number of amides is 1. The summed E-state index contributed by atoms with van der Waals surface area (Å²) >= 11 is 1.45. The van der Waals surface area contributed by atoms with Gasteiger partial charge in [-0.05, 0) is 66.9 Å². The molecule has 1 aromatic carbocycles. The summed E-state index contributed by atoms with van der Waals surface area (Å²) in [6.45, 7) is 3.90. The Hall–Kier alpha value is -3.46. The van der Waals surface area contributed by atoms with E-state index in [-0.39, 0.29) is 5.91 Å². The number of aryl methyl sites for hydroxylation is 1. The lowest BCUT2D eigenvalue weighted by Crippen LogP contribution is -2.13. The van der Waals surface area contributed by atoms with E-state index in [1.807, 2.05) is 67.1 Å². The predicted octanol–water partition coefficient (Wildman–Crippen LogP) is 3.44. The summed E-state index contributed by atoms with van der Waals surface area (Å²) in [6, 6.07) is 13.2. The van der Waals surface area contributed by atoms with Crippen LogP contribution in [0.5, 0.6) is 0 Å². The Morgan fingerprint density at radius 1 is 1.10 bits per heavy atom. The first kappa shape index (κ1) is 18.9. The molecule has 4 aromatic rings. The molecule has 9 heteroatoms. The fourth-order valence-corrected chi connectivity index (χ4v) is 3.69. The van der Waals surface area contributed by atoms with Gasteiger partial charge in [0.1, 0.15) is 0 Å². The van der Waals surface area contributed by atoms with Gasteiger partial charge in [-0.1, -0.05) is 17.8 Å². The van der Waals surface area contributed by atoms with Gasteiger partial charge in [-0.15, -0.1) is 5.10 Å². The number of benzene rings is 1. The number of hydrogen-bond acceptors (Lipinski definition) is 6. The molecule has 8 nitrogen and oxygen atoms in total. The first-order chi connectivity index (χ1) is 14.1. The van der Waals surface area contributed by atoms with E-state index in [0.717, 1.165) is 22.8 Å². The van der Waals surface area contributed by atoms with E-state index in [2.05, 4.69) is 25.8 Å². The number of carbonyl (C=O) groups excluding carboxylic acids is 1. The topological polar surface area (TPSA) is 90.5 Å². The standard InChI is InChI=1S/C20H19N7OS/c1-13-10-18(14(2)26(13)17-8-5-9-21-12-17)19(28)22-15-6-4-7-16(11-15)27-20(29-3)23-24-25-27/h4-12H,1-3H3,(H,22,28). The molecule has 3 heterocycles. The van der Waals surface area contributed by atoms with Crippen molar-refractivity contribution in [2.24, 2.45) is 0 Å². The molecular weight excluding hydrogens is 386 g/mol. The van der Waals surface area contributed by atoms with Gasteiger partial charge in [-0.3, -0.25) is 9.78 Å². The average Bonchev–Trinajstić information content (AvgIpc) is 3.33. The van der Waals surface area contributed by atoms with Crippen LogP contribution in [-0.2, 0) is 0 Å². The summed E-state index contributed by atoms with van der Waals surface area (Å²) < 4.78 is 3.65. The smallest absolute Gasteiger partial charge is 0.257 e. The Bertz CT molecular complexity index is 1170. The third kappa shape index (κ3) is 3.64. The number of hydrogen-bond donors (Lipinski definition) is 1. The van der Waals surface area contributed by atoms with Gasteiger partial charge in [0.05, 0.1) is 23.1 Å². The molecule has 0 fully saturated rings. The maximum absolute atomic E-state index is 13.0. The molecule has 0 aliphatic rings. The summed E-state index contributed by atoms with van der Waals surface area (Å²) in [5.74, 6) is -0.174. The zero-order valence-corrected chi connectivity index (χ0v) is 17.0. The van der Waals surface area contributed by atoms with Crippen LogP contribution in [0.2, 0.25) is 0 Å². The van der Waals surface area contributed by atoms with Crippen LogP contribution in [0.1, 0.15) is 21.7 Å². The lowest BCUT2D eigenvalue weighted by atomic mass is 10.2. The largest absolute Gasteiger partial charge is 0.322 e. The maximum Gasteiger partial charge on any atom is 0.257 e. The van der Waals surface area contributed by atoms with E-state index in [9.17, 15) is 4.79 Å². The summed E-state index contributed by atoms with van der Waals surface area (Å²) in [5.41, 5.74) is 4.80. The van der Waals surface area contributed by atoms with Gasteiger partial charge in [0.15, 0.2) is 0 Å². The van der Waals surface area contributed by atoms with Gasteiger partial charge in [0.25, 0.3) is 5.91 Å². The van der Waals surface area contributed by atoms with Crippen LogP contribution < -0.4 is 5.32 Å². The predicted molar refractivity (Wildman–Crippen MR) is 112 cm³/mol. The first-order valence-corrected chi connectivity index (χ1v) is 10.1. The van der Waals surface area contributed by atoms with E-state index in [4.69, 9.17) is 0 Å². The minimum atomic E-state index is -0.174. The highest BCUT2D eigenvalue weighted by Gasteiger charge is 2.17. The monoisotopic (exact) mass is 405 g/mol. The summed E-state index contributed by atoms with van der Waals surface area (Å²) in [7, 11) is 0. The van der Waals surface area contributed by atoms with E-state index in [1.54, 1.807) is 17.1 Å². The van der Waals surface area contributed by atoms with E-state index < -0.39 is 0 Å². The number of nitrogens with zero attached hydrogens (tertiary/aromatic N) is 6. The second-order valence-corrected chi connectivity index (χ2v) is 7.19. The van der Waals surface area contributed by atoms with E-state index in [1.165, 1.54) is 11.8 Å². The highest BCUT2D eigenvalue weighted by atomic mass is 32.2. The van der Waals surface area contributed by atoms with Crippen LogP contribution in [0, 0.1) is 13.8 Å². The third-order valence-corrected chi connectivity index (χ3v) is 5.17. The molecule has 0 spiro atoms. The molecular formula is C20H19N7OS. The molecule has 1 amide bonds. The number of rotatable bonds is 5. The second-order valence-electron chi connectivity index (χ2n) is 6.41. The number of anilines is 1. The lowest BCUT2D eigenvalue weighted by molar-refractivity contribution is 0.102. The molecule has 0 radical (unpaired) electrons.